The van der Waals surface area contributed by atoms with Gasteiger partial charge in [-0.2, -0.15) is 0 Å². The van der Waals surface area contributed by atoms with Crippen LogP contribution in [0.5, 0.6) is 0 Å². The third-order valence-corrected chi connectivity index (χ3v) is 6.71. The molecule has 0 aliphatic heterocycles. The lowest BCUT2D eigenvalue weighted by Gasteiger charge is -2.18. The van der Waals surface area contributed by atoms with Crippen molar-refractivity contribution in [1.29, 1.82) is 0 Å². The summed E-state index contributed by atoms with van der Waals surface area (Å²) in [5, 5.41) is 0. The van der Waals surface area contributed by atoms with Crippen LogP contribution in [0.1, 0.15) is 66.3 Å². The Morgan fingerprint density at radius 2 is 1.29 bits per heavy atom. The molecule has 0 amide bonds. The van der Waals surface area contributed by atoms with E-state index in [2.05, 4.69) is 74.5 Å². The summed E-state index contributed by atoms with van der Waals surface area (Å²) in [6.07, 6.45) is 7.76. The second kappa shape index (κ2) is 11.1. The quantitative estimate of drug-likeness (QED) is 0.317. The maximum atomic E-state index is 12.9. The van der Waals surface area contributed by atoms with Gasteiger partial charge < -0.3 is 0 Å². The number of allylic oxidation sites excluding steroid dienone is 6. The topological polar surface area (TPSA) is 34.1 Å². The maximum Gasteiger partial charge on any atom is 0.190 e. The predicted molar refractivity (Wildman–Crippen MR) is 145 cm³/mol. The number of hydrogen-bond donors (Lipinski definition) is 0. The Kier molecular flexibility index (Phi) is 7.72. The van der Waals surface area contributed by atoms with Gasteiger partial charge in [-0.3, -0.25) is 9.59 Å². The zero-order valence-corrected chi connectivity index (χ0v) is 20.8. The van der Waals surface area contributed by atoms with Gasteiger partial charge in [0.05, 0.1) is 0 Å². The molecule has 0 radical (unpaired) electrons. The van der Waals surface area contributed by atoms with Crippen LogP contribution in [0.3, 0.4) is 0 Å². The van der Waals surface area contributed by atoms with Crippen molar-refractivity contribution in [3.63, 3.8) is 0 Å². The van der Waals surface area contributed by atoms with Gasteiger partial charge in [-0.1, -0.05) is 102 Å². The van der Waals surface area contributed by atoms with Gasteiger partial charge in [-0.15, -0.1) is 0 Å². The number of ketones is 2. The number of carbonyl (C=O) groups is 2. The van der Waals surface area contributed by atoms with E-state index < -0.39 is 0 Å². The Hall–Kier alpha value is -3.78. The van der Waals surface area contributed by atoms with Crippen molar-refractivity contribution in [2.45, 2.75) is 46.5 Å². The summed E-state index contributed by atoms with van der Waals surface area (Å²) in [4.78, 5) is 25.6. The van der Waals surface area contributed by atoms with Crippen LogP contribution >= 0.6 is 0 Å². The third-order valence-electron chi connectivity index (χ3n) is 6.71. The van der Waals surface area contributed by atoms with Gasteiger partial charge in [0.1, 0.15) is 0 Å². The molecule has 0 aromatic heterocycles. The van der Waals surface area contributed by atoms with Gasteiger partial charge in [-0.05, 0) is 63.1 Å². The van der Waals surface area contributed by atoms with Crippen molar-refractivity contribution in [2.75, 3.05) is 0 Å². The van der Waals surface area contributed by atoms with E-state index in [1.807, 2.05) is 18.2 Å². The molecule has 1 aliphatic rings. The van der Waals surface area contributed by atoms with Gasteiger partial charge in [0.25, 0.3) is 0 Å². The molecule has 2 nitrogen and oxygen atoms in total. The molecule has 35 heavy (non-hydrogen) atoms. The summed E-state index contributed by atoms with van der Waals surface area (Å²) in [5.41, 5.74) is 8.63. The molecule has 0 spiro atoms. The molecule has 2 heteroatoms. The number of fused-ring (bicyclic) bond motifs is 1. The number of hydrogen-bond acceptors (Lipinski definition) is 2. The summed E-state index contributed by atoms with van der Waals surface area (Å²) >= 11 is 0. The van der Waals surface area contributed by atoms with Crippen LogP contribution in [-0.2, 0) is 6.42 Å². The Balaban J connectivity index is 1.31. The number of carbonyl (C=O) groups excluding carboxylic acids is 2. The van der Waals surface area contributed by atoms with Gasteiger partial charge in [-0.25, -0.2) is 0 Å². The Bertz CT molecular complexity index is 1320. The number of rotatable bonds is 8. The fraction of sp³-hybridized carbons (Fsp3) is 0.212. The van der Waals surface area contributed by atoms with E-state index in [1.54, 1.807) is 19.1 Å². The van der Waals surface area contributed by atoms with Gasteiger partial charge >= 0.3 is 0 Å². The van der Waals surface area contributed by atoms with Crippen LogP contribution in [0.15, 0.2) is 113 Å². The van der Waals surface area contributed by atoms with Crippen molar-refractivity contribution >= 4 is 11.6 Å². The van der Waals surface area contributed by atoms with Crippen LogP contribution in [0.4, 0.5) is 0 Å². The van der Waals surface area contributed by atoms with Crippen molar-refractivity contribution in [3.05, 3.63) is 130 Å². The van der Waals surface area contributed by atoms with E-state index in [-0.39, 0.29) is 11.6 Å². The normalized spacial score (nSPS) is 14.4. The van der Waals surface area contributed by atoms with E-state index in [0.29, 0.717) is 28.7 Å². The van der Waals surface area contributed by atoms with Gasteiger partial charge in [0.2, 0.25) is 0 Å². The molecule has 0 heterocycles. The fourth-order valence-electron chi connectivity index (χ4n) is 4.56. The number of benzene rings is 3. The lowest BCUT2D eigenvalue weighted by atomic mass is 9.83. The largest absolute Gasteiger partial charge is 0.289 e. The first kappa shape index (κ1) is 24.3. The molecule has 4 rings (SSSR count). The van der Waals surface area contributed by atoms with E-state index in [4.69, 9.17) is 0 Å². The second-order valence-electron chi connectivity index (χ2n) is 9.39. The molecule has 1 aliphatic carbocycles. The Morgan fingerprint density at radius 3 is 1.97 bits per heavy atom. The summed E-state index contributed by atoms with van der Waals surface area (Å²) in [5.74, 6) is -0.0487. The summed E-state index contributed by atoms with van der Waals surface area (Å²) in [7, 11) is 0. The molecular formula is C33H32O2. The van der Waals surface area contributed by atoms with Gasteiger partial charge in [0.15, 0.2) is 11.6 Å². The number of Topliss-reactive ketones (excluding diaryl/α,β-unsaturated/α-hetero) is 2. The third kappa shape index (κ3) is 5.84. The lowest BCUT2D eigenvalue weighted by Crippen LogP contribution is -2.20. The van der Waals surface area contributed by atoms with Crippen molar-refractivity contribution in [1.82, 2.24) is 0 Å². The lowest BCUT2D eigenvalue weighted by molar-refractivity contribution is 0.0973. The minimum absolute atomic E-state index is 0.0178. The minimum atomic E-state index is -0.0309. The van der Waals surface area contributed by atoms with Crippen LogP contribution in [0.2, 0.25) is 0 Å². The average Bonchev–Trinajstić information content (AvgIpc) is 2.88. The zero-order chi connectivity index (χ0) is 24.8. The van der Waals surface area contributed by atoms with E-state index in [1.165, 1.54) is 27.8 Å². The van der Waals surface area contributed by atoms with E-state index in [0.717, 1.165) is 19.3 Å². The molecule has 0 bridgehead atoms. The van der Waals surface area contributed by atoms with E-state index in [9.17, 15) is 9.59 Å². The molecule has 0 saturated heterocycles. The Labute approximate surface area is 208 Å². The molecule has 0 fully saturated rings. The first-order valence-corrected chi connectivity index (χ1v) is 12.3. The molecule has 3 aromatic rings. The molecule has 0 atom stereocenters. The highest BCUT2D eigenvalue weighted by molar-refractivity contribution is 6.26. The highest BCUT2D eigenvalue weighted by Crippen LogP contribution is 2.28. The van der Waals surface area contributed by atoms with Crippen molar-refractivity contribution in [3.8, 4) is 11.1 Å². The van der Waals surface area contributed by atoms with E-state index >= 15 is 0 Å². The molecule has 0 N–H and O–H groups in total. The van der Waals surface area contributed by atoms with Crippen molar-refractivity contribution in [2.24, 2.45) is 0 Å². The monoisotopic (exact) mass is 460 g/mol. The van der Waals surface area contributed by atoms with Crippen LogP contribution in [-0.4, -0.2) is 11.6 Å². The van der Waals surface area contributed by atoms with Crippen LogP contribution in [0.25, 0.3) is 11.1 Å². The molecule has 3 aromatic carbocycles. The second-order valence-corrected chi connectivity index (χ2v) is 9.39. The SMILES string of the molecule is CC1=C(C/C=C(\C)CC/C=C(\C)Cc2ccc(-c3ccccc3)cc2)C(=O)c2ccccc2C1=O. The zero-order valence-electron chi connectivity index (χ0n) is 20.8. The first-order chi connectivity index (χ1) is 16.9. The standard InChI is InChI=1S/C33H32O2/c1-23(16-21-29-25(3)32(34)30-14-7-8-15-31(30)33(29)35)10-9-11-24(2)22-26-17-19-28(20-18-26)27-12-5-4-6-13-27/h4-8,11-20H,9-10,21-22H2,1-3H3/b23-16+,24-11+. The molecule has 0 saturated carbocycles. The highest BCUT2D eigenvalue weighted by Gasteiger charge is 2.28. The molecule has 176 valence electrons. The smallest absolute Gasteiger partial charge is 0.190 e. The average molecular weight is 461 g/mol. The maximum absolute atomic E-state index is 12.9. The Morgan fingerprint density at radius 1 is 0.686 bits per heavy atom. The van der Waals surface area contributed by atoms with Crippen LogP contribution in [0, 0.1) is 0 Å². The highest BCUT2D eigenvalue weighted by atomic mass is 16.1. The minimum Gasteiger partial charge on any atom is -0.289 e. The summed E-state index contributed by atoms with van der Waals surface area (Å²) in [6, 6.07) is 26.4. The summed E-state index contributed by atoms with van der Waals surface area (Å²) < 4.78 is 0. The van der Waals surface area contributed by atoms with Crippen molar-refractivity contribution < 1.29 is 9.59 Å². The predicted octanol–water partition coefficient (Wildman–Crippen LogP) is 8.35. The first-order valence-electron chi connectivity index (χ1n) is 12.3. The van der Waals surface area contributed by atoms with Gasteiger partial charge in [0, 0.05) is 22.3 Å². The van der Waals surface area contributed by atoms with Crippen LogP contribution < -0.4 is 0 Å². The molecular weight excluding hydrogens is 428 g/mol. The fourth-order valence-corrected chi connectivity index (χ4v) is 4.56. The molecule has 0 unspecified atom stereocenters. The summed E-state index contributed by atoms with van der Waals surface area (Å²) in [6.45, 7) is 6.06.